The van der Waals surface area contributed by atoms with Gasteiger partial charge in [0, 0.05) is 24.2 Å². The van der Waals surface area contributed by atoms with Crippen LogP contribution in [0.2, 0.25) is 0 Å². The van der Waals surface area contributed by atoms with Gasteiger partial charge < -0.3 is 21.1 Å². The third-order valence-corrected chi connectivity index (χ3v) is 7.01. The number of nitrogens with two attached hydrogens (primary N) is 1. The molecule has 7 heteroatoms. The van der Waals surface area contributed by atoms with Crippen LogP contribution in [0.4, 0.5) is 0 Å². The van der Waals surface area contributed by atoms with Crippen molar-refractivity contribution >= 4 is 5.91 Å². The Labute approximate surface area is 191 Å². The maximum absolute atomic E-state index is 11.2. The summed E-state index contributed by atoms with van der Waals surface area (Å²) in [6.07, 6.45) is 9.93. The molecule has 1 aliphatic heterocycles. The molecule has 2 heterocycles. The molecule has 2 unspecified atom stereocenters. The van der Waals surface area contributed by atoms with Gasteiger partial charge in [0.15, 0.2) is 0 Å². The molecule has 2 aliphatic rings. The number of nitrogens with one attached hydrogen (secondary N) is 1. The smallest absolute Gasteiger partial charge is 0.252 e. The van der Waals surface area contributed by atoms with Crippen molar-refractivity contribution in [3.05, 3.63) is 47.3 Å². The van der Waals surface area contributed by atoms with Crippen molar-refractivity contribution in [3.8, 4) is 5.75 Å². The first-order valence-electron chi connectivity index (χ1n) is 12.0. The number of aromatic hydroxyl groups is 1. The summed E-state index contributed by atoms with van der Waals surface area (Å²) in [6.45, 7) is 8.85. The number of phenols is 1. The number of hydrogen-bond acceptors (Lipinski definition) is 5. The summed E-state index contributed by atoms with van der Waals surface area (Å²) in [4.78, 5) is 13.8. The van der Waals surface area contributed by atoms with Crippen molar-refractivity contribution in [1.29, 1.82) is 0 Å². The number of aryl methyl sites for hydroxylation is 1. The average molecular weight is 440 g/mol. The molecule has 4 rings (SSSR count). The number of nitrogens with zero attached hydrogens (tertiary/aromatic N) is 3. The minimum Gasteiger partial charge on any atom is -0.507 e. The molecule has 0 spiro atoms. The Morgan fingerprint density at radius 3 is 2.75 bits per heavy atom. The molecule has 0 bridgehead atoms. The van der Waals surface area contributed by atoms with Crippen LogP contribution in [0.3, 0.4) is 0 Å². The van der Waals surface area contributed by atoms with E-state index in [4.69, 9.17) is 5.73 Å². The highest BCUT2D eigenvalue weighted by Crippen LogP contribution is 2.41. The molecule has 2 fully saturated rings. The van der Waals surface area contributed by atoms with Crippen molar-refractivity contribution in [2.75, 3.05) is 26.2 Å². The summed E-state index contributed by atoms with van der Waals surface area (Å²) in [5.74, 6) is 0.795. The van der Waals surface area contributed by atoms with Gasteiger partial charge in [-0.1, -0.05) is 6.07 Å². The van der Waals surface area contributed by atoms with Crippen LogP contribution in [-0.2, 0) is 6.42 Å². The molecule has 1 saturated carbocycles. The Balaban J connectivity index is 1.11. The molecule has 4 N–H and O–H groups in total. The second-order valence-electron chi connectivity index (χ2n) is 9.81. The van der Waals surface area contributed by atoms with Crippen LogP contribution in [0, 0.1) is 5.92 Å². The second kappa shape index (κ2) is 10.0. The van der Waals surface area contributed by atoms with Crippen LogP contribution < -0.4 is 11.1 Å². The molecule has 1 amide bonds. The molecular weight excluding hydrogens is 402 g/mol. The fourth-order valence-corrected chi connectivity index (χ4v) is 4.80. The lowest BCUT2D eigenvalue weighted by atomic mass is 9.96. The second-order valence-corrected chi connectivity index (χ2v) is 9.81. The van der Waals surface area contributed by atoms with E-state index < -0.39 is 5.91 Å². The van der Waals surface area contributed by atoms with E-state index in [1.165, 1.54) is 24.8 Å². The van der Waals surface area contributed by atoms with Crippen LogP contribution in [0.5, 0.6) is 5.75 Å². The van der Waals surface area contributed by atoms with Crippen molar-refractivity contribution in [2.45, 2.75) is 64.0 Å². The third-order valence-electron chi connectivity index (χ3n) is 7.01. The molecule has 0 radical (unpaired) electrons. The summed E-state index contributed by atoms with van der Waals surface area (Å²) in [6, 6.07) is 6.21. The highest BCUT2D eigenvalue weighted by Gasteiger charge is 2.39. The van der Waals surface area contributed by atoms with Gasteiger partial charge in [0.05, 0.1) is 11.8 Å². The van der Waals surface area contributed by atoms with Crippen LogP contribution >= 0.6 is 0 Å². The molecule has 1 saturated heterocycles. The van der Waals surface area contributed by atoms with E-state index in [0.29, 0.717) is 18.0 Å². The highest BCUT2D eigenvalue weighted by molar-refractivity contribution is 5.95. The van der Waals surface area contributed by atoms with E-state index in [9.17, 15) is 9.90 Å². The average Bonchev–Trinajstić information content (AvgIpc) is 3.36. The predicted octanol–water partition coefficient (Wildman–Crippen LogP) is 3.06. The maximum Gasteiger partial charge on any atom is 0.252 e. The molecule has 32 heavy (non-hydrogen) atoms. The van der Waals surface area contributed by atoms with Crippen molar-refractivity contribution in [2.24, 2.45) is 11.7 Å². The first-order chi connectivity index (χ1) is 15.4. The van der Waals surface area contributed by atoms with Gasteiger partial charge in [-0.05, 0) is 101 Å². The van der Waals surface area contributed by atoms with Crippen LogP contribution in [0.1, 0.15) is 73.0 Å². The van der Waals surface area contributed by atoms with E-state index in [1.807, 2.05) is 12.3 Å². The standard InChI is InChI=1S/C25H37N5O2/c1-17(2)30-16-20(15-28-30)22-13-23(22)27-14-19-7-10-29(11-8-19)9-3-4-18-5-6-21(25(26)32)24(31)12-18/h5-6,12,15-17,19,22-23,27,31H,3-4,7-11,13-14H2,1-2H3,(H2,26,32). The molecule has 1 aromatic carbocycles. The number of amides is 1. The van der Waals surface area contributed by atoms with E-state index in [2.05, 4.69) is 40.0 Å². The summed E-state index contributed by atoms with van der Waals surface area (Å²) >= 11 is 0. The predicted molar refractivity (Wildman–Crippen MR) is 126 cm³/mol. The lowest BCUT2D eigenvalue weighted by molar-refractivity contribution is 0.0997. The van der Waals surface area contributed by atoms with Gasteiger partial charge in [-0.2, -0.15) is 5.10 Å². The number of benzene rings is 1. The fraction of sp³-hybridized carbons (Fsp3) is 0.600. The summed E-state index contributed by atoms with van der Waals surface area (Å²) in [5, 5.41) is 18.2. The highest BCUT2D eigenvalue weighted by atomic mass is 16.3. The number of rotatable bonds is 10. The quantitative estimate of drug-likeness (QED) is 0.529. The number of hydrogen-bond donors (Lipinski definition) is 3. The summed E-state index contributed by atoms with van der Waals surface area (Å²) < 4.78 is 2.05. The Morgan fingerprint density at radius 2 is 2.09 bits per heavy atom. The molecule has 1 aliphatic carbocycles. The Kier molecular flexibility index (Phi) is 7.16. The molecule has 7 nitrogen and oxygen atoms in total. The molecule has 2 atom stereocenters. The van der Waals surface area contributed by atoms with Gasteiger partial charge in [-0.3, -0.25) is 9.48 Å². The Hall–Kier alpha value is -2.38. The van der Waals surface area contributed by atoms with Gasteiger partial charge in [-0.25, -0.2) is 0 Å². The van der Waals surface area contributed by atoms with Crippen LogP contribution in [0.25, 0.3) is 0 Å². The number of aromatic nitrogens is 2. The first-order valence-corrected chi connectivity index (χ1v) is 12.0. The Bertz CT molecular complexity index is 917. The van der Waals surface area contributed by atoms with Gasteiger partial charge >= 0.3 is 0 Å². The molecule has 1 aromatic heterocycles. The van der Waals surface area contributed by atoms with E-state index in [0.717, 1.165) is 50.5 Å². The SMILES string of the molecule is CC(C)n1cc(C2CC2NCC2CCN(CCCc3ccc(C(N)=O)c(O)c3)CC2)cn1. The third kappa shape index (κ3) is 5.70. The number of carbonyl (C=O) groups excluding carboxylic acids is 1. The lowest BCUT2D eigenvalue weighted by Crippen LogP contribution is -2.38. The van der Waals surface area contributed by atoms with Gasteiger partial charge in [0.1, 0.15) is 5.75 Å². The van der Waals surface area contributed by atoms with Crippen molar-refractivity contribution in [1.82, 2.24) is 20.0 Å². The molecule has 2 aromatic rings. The number of likely N-dealkylation sites (tertiary alicyclic amines) is 1. The zero-order valence-corrected chi connectivity index (χ0v) is 19.3. The number of primary amides is 1. The Morgan fingerprint density at radius 1 is 1.31 bits per heavy atom. The molecular formula is C25H37N5O2. The lowest BCUT2D eigenvalue weighted by Gasteiger charge is -2.32. The zero-order valence-electron chi connectivity index (χ0n) is 19.3. The van der Waals surface area contributed by atoms with Gasteiger partial charge in [-0.15, -0.1) is 0 Å². The van der Waals surface area contributed by atoms with Crippen LogP contribution in [-0.4, -0.2) is 57.9 Å². The maximum atomic E-state index is 11.2. The largest absolute Gasteiger partial charge is 0.507 e. The van der Waals surface area contributed by atoms with Crippen molar-refractivity contribution < 1.29 is 9.90 Å². The van der Waals surface area contributed by atoms with E-state index in [-0.39, 0.29) is 11.3 Å². The van der Waals surface area contributed by atoms with Crippen LogP contribution in [0.15, 0.2) is 30.6 Å². The normalized spacial score (nSPS) is 21.8. The van der Waals surface area contributed by atoms with Crippen molar-refractivity contribution in [3.63, 3.8) is 0 Å². The van der Waals surface area contributed by atoms with E-state index in [1.54, 1.807) is 12.1 Å². The van der Waals surface area contributed by atoms with Gasteiger partial charge in [0.2, 0.25) is 0 Å². The van der Waals surface area contributed by atoms with Gasteiger partial charge in [0.25, 0.3) is 5.91 Å². The first kappa shape index (κ1) is 22.8. The minimum absolute atomic E-state index is 0.0185. The topological polar surface area (TPSA) is 96.4 Å². The minimum atomic E-state index is -0.592. The monoisotopic (exact) mass is 439 g/mol. The summed E-state index contributed by atoms with van der Waals surface area (Å²) in [5.41, 5.74) is 7.86. The zero-order chi connectivity index (χ0) is 22.7. The fourth-order valence-electron chi connectivity index (χ4n) is 4.80. The number of carbonyl (C=O) groups is 1. The number of piperidine rings is 1. The summed E-state index contributed by atoms with van der Waals surface area (Å²) in [7, 11) is 0. The van der Waals surface area contributed by atoms with E-state index >= 15 is 0 Å². The molecule has 174 valence electrons.